The van der Waals surface area contributed by atoms with Gasteiger partial charge in [-0.2, -0.15) is 0 Å². The van der Waals surface area contributed by atoms with E-state index in [2.05, 4.69) is 29.8 Å². The quantitative estimate of drug-likeness (QED) is 0.778. The number of nitrogens with zero attached hydrogens (tertiary/aromatic N) is 1. The molecule has 2 rings (SSSR count). The fourth-order valence-corrected chi connectivity index (χ4v) is 2.67. The molecule has 0 bridgehead atoms. The van der Waals surface area contributed by atoms with Crippen LogP contribution in [0.3, 0.4) is 0 Å². The van der Waals surface area contributed by atoms with Crippen molar-refractivity contribution in [3.63, 3.8) is 0 Å². The molecule has 0 radical (unpaired) electrons. The van der Waals surface area contributed by atoms with Crippen LogP contribution in [0.2, 0.25) is 0 Å². The Morgan fingerprint density at radius 3 is 2.89 bits per heavy atom. The Bertz CT molecular complexity index is 448. The van der Waals surface area contributed by atoms with E-state index in [0.717, 1.165) is 29.6 Å². The van der Waals surface area contributed by atoms with Crippen molar-refractivity contribution in [2.75, 3.05) is 18.5 Å². The molecule has 0 fully saturated rings. The van der Waals surface area contributed by atoms with Crippen LogP contribution in [0.25, 0.3) is 0 Å². The number of rotatable bonds is 5. The minimum absolute atomic E-state index is 0.145. The SMILES string of the molecule is CC(C)N(CCCBr)C(=O)C1COc2ccccc21. The third kappa shape index (κ3) is 3.11. The van der Waals surface area contributed by atoms with Gasteiger partial charge in [-0.3, -0.25) is 4.79 Å². The Labute approximate surface area is 123 Å². The monoisotopic (exact) mass is 325 g/mol. The van der Waals surface area contributed by atoms with Crippen LogP contribution in [0, 0.1) is 0 Å². The number of ether oxygens (including phenoxy) is 1. The normalized spacial score (nSPS) is 17.2. The number of carbonyl (C=O) groups excluding carboxylic acids is 1. The van der Waals surface area contributed by atoms with Gasteiger partial charge in [0.05, 0.1) is 0 Å². The van der Waals surface area contributed by atoms with E-state index < -0.39 is 0 Å². The van der Waals surface area contributed by atoms with Gasteiger partial charge in [0, 0.05) is 23.5 Å². The first-order chi connectivity index (χ1) is 9.15. The van der Waals surface area contributed by atoms with Gasteiger partial charge >= 0.3 is 0 Å². The van der Waals surface area contributed by atoms with E-state index in [4.69, 9.17) is 4.74 Å². The topological polar surface area (TPSA) is 29.5 Å². The third-order valence-corrected chi connectivity index (χ3v) is 4.00. The summed E-state index contributed by atoms with van der Waals surface area (Å²) in [5.74, 6) is 0.889. The fraction of sp³-hybridized carbons (Fsp3) is 0.533. The summed E-state index contributed by atoms with van der Waals surface area (Å²) in [6.45, 7) is 5.39. The van der Waals surface area contributed by atoms with Crippen LogP contribution in [0.5, 0.6) is 5.75 Å². The van der Waals surface area contributed by atoms with Crippen LogP contribution in [-0.4, -0.2) is 35.3 Å². The molecule has 1 aliphatic heterocycles. The molecule has 4 heteroatoms. The van der Waals surface area contributed by atoms with E-state index >= 15 is 0 Å². The smallest absolute Gasteiger partial charge is 0.233 e. The number of para-hydroxylation sites is 1. The predicted molar refractivity (Wildman–Crippen MR) is 79.9 cm³/mol. The van der Waals surface area contributed by atoms with E-state index in [1.807, 2.05) is 29.2 Å². The molecule has 1 aromatic rings. The highest BCUT2D eigenvalue weighted by Crippen LogP contribution is 2.34. The number of fused-ring (bicyclic) bond motifs is 1. The Morgan fingerprint density at radius 2 is 2.21 bits per heavy atom. The molecule has 1 heterocycles. The van der Waals surface area contributed by atoms with Gasteiger partial charge in [-0.15, -0.1) is 0 Å². The van der Waals surface area contributed by atoms with Gasteiger partial charge in [0.15, 0.2) is 0 Å². The lowest BCUT2D eigenvalue weighted by atomic mass is 9.99. The molecule has 1 aromatic carbocycles. The lowest BCUT2D eigenvalue weighted by molar-refractivity contribution is -0.134. The van der Waals surface area contributed by atoms with Gasteiger partial charge in [0.2, 0.25) is 5.91 Å². The summed E-state index contributed by atoms with van der Waals surface area (Å²) in [6, 6.07) is 8.05. The molecule has 0 saturated carbocycles. The number of hydrogen-bond donors (Lipinski definition) is 0. The summed E-state index contributed by atoms with van der Waals surface area (Å²) in [5, 5.41) is 0.918. The number of hydrogen-bond acceptors (Lipinski definition) is 2. The van der Waals surface area contributed by atoms with Crippen molar-refractivity contribution >= 4 is 21.8 Å². The van der Waals surface area contributed by atoms with Gasteiger partial charge < -0.3 is 9.64 Å². The highest BCUT2D eigenvalue weighted by atomic mass is 79.9. The van der Waals surface area contributed by atoms with Crippen molar-refractivity contribution in [1.29, 1.82) is 0 Å². The first kappa shape index (κ1) is 14.4. The molecule has 3 nitrogen and oxygen atoms in total. The van der Waals surface area contributed by atoms with Crippen molar-refractivity contribution < 1.29 is 9.53 Å². The van der Waals surface area contributed by atoms with Gasteiger partial charge in [-0.05, 0) is 26.3 Å². The molecule has 0 spiro atoms. The van der Waals surface area contributed by atoms with E-state index in [0.29, 0.717) is 6.61 Å². The second kappa shape index (κ2) is 6.42. The molecule has 0 aliphatic carbocycles. The minimum Gasteiger partial charge on any atom is -0.492 e. The maximum absolute atomic E-state index is 12.7. The molecule has 19 heavy (non-hydrogen) atoms. The van der Waals surface area contributed by atoms with Crippen LogP contribution in [-0.2, 0) is 4.79 Å². The average molecular weight is 326 g/mol. The van der Waals surface area contributed by atoms with Gasteiger partial charge in [-0.1, -0.05) is 34.1 Å². The number of amides is 1. The van der Waals surface area contributed by atoms with Crippen LogP contribution in [0.4, 0.5) is 0 Å². The zero-order valence-corrected chi connectivity index (χ0v) is 13.0. The Morgan fingerprint density at radius 1 is 1.47 bits per heavy atom. The number of halogens is 1. The average Bonchev–Trinajstić information content (AvgIpc) is 2.82. The van der Waals surface area contributed by atoms with E-state index in [-0.39, 0.29) is 17.9 Å². The summed E-state index contributed by atoms with van der Waals surface area (Å²) in [6.07, 6.45) is 0.971. The van der Waals surface area contributed by atoms with Crippen LogP contribution < -0.4 is 4.74 Å². The number of carbonyl (C=O) groups is 1. The lowest BCUT2D eigenvalue weighted by Crippen LogP contribution is -2.41. The zero-order valence-electron chi connectivity index (χ0n) is 11.4. The second-order valence-electron chi connectivity index (χ2n) is 5.07. The van der Waals surface area contributed by atoms with Gasteiger partial charge in [-0.25, -0.2) is 0 Å². The molecule has 104 valence electrons. The number of benzene rings is 1. The van der Waals surface area contributed by atoms with Crippen LogP contribution >= 0.6 is 15.9 Å². The highest BCUT2D eigenvalue weighted by Gasteiger charge is 2.33. The van der Waals surface area contributed by atoms with E-state index in [1.165, 1.54) is 0 Å². The highest BCUT2D eigenvalue weighted by molar-refractivity contribution is 9.09. The first-order valence-corrected chi connectivity index (χ1v) is 7.85. The molecule has 0 aromatic heterocycles. The Kier molecular flexibility index (Phi) is 4.86. The van der Waals surface area contributed by atoms with Crippen LogP contribution in [0.1, 0.15) is 31.7 Å². The maximum atomic E-state index is 12.7. The van der Waals surface area contributed by atoms with Gasteiger partial charge in [0.25, 0.3) is 0 Å². The second-order valence-corrected chi connectivity index (χ2v) is 5.86. The summed E-state index contributed by atoms with van der Waals surface area (Å²) in [5.41, 5.74) is 1.02. The van der Waals surface area contributed by atoms with Crippen molar-refractivity contribution in [2.45, 2.75) is 32.2 Å². The number of alkyl halides is 1. The zero-order chi connectivity index (χ0) is 13.8. The summed E-state index contributed by atoms with van der Waals surface area (Å²) < 4.78 is 5.61. The first-order valence-electron chi connectivity index (χ1n) is 6.73. The Balaban J connectivity index is 2.15. The molecule has 1 atom stereocenters. The standard InChI is InChI=1S/C15H20BrNO2/c1-11(2)17(9-5-8-16)15(18)13-10-19-14-7-4-3-6-12(13)14/h3-4,6-7,11,13H,5,8-10H2,1-2H3. The molecule has 0 saturated heterocycles. The summed E-state index contributed by atoms with van der Waals surface area (Å²) in [4.78, 5) is 14.6. The predicted octanol–water partition coefficient (Wildman–Crippen LogP) is 3.18. The maximum Gasteiger partial charge on any atom is 0.233 e. The lowest BCUT2D eigenvalue weighted by Gasteiger charge is -2.29. The molecule has 1 aliphatic rings. The third-order valence-electron chi connectivity index (χ3n) is 3.44. The molecular weight excluding hydrogens is 306 g/mol. The molecular formula is C15H20BrNO2. The van der Waals surface area contributed by atoms with Crippen molar-refractivity contribution in [1.82, 2.24) is 4.90 Å². The summed E-state index contributed by atoms with van der Waals surface area (Å²) >= 11 is 3.42. The van der Waals surface area contributed by atoms with Crippen molar-refractivity contribution in [2.24, 2.45) is 0 Å². The van der Waals surface area contributed by atoms with Gasteiger partial charge in [0.1, 0.15) is 18.3 Å². The van der Waals surface area contributed by atoms with Crippen LogP contribution in [0.15, 0.2) is 24.3 Å². The Hall–Kier alpha value is -1.03. The minimum atomic E-state index is -0.145. The molecule has 0 N–H and O–H groups in total. The molecule has 1 amide bonds. The largest absolute Gasteiger partial charge is 0.492 e. The van der Waals surface area contributed by atoms with Crippen molar-refractivity contribution in [3.05, 3.63) is 29.8 Å². The fourth-order valence-electron chi connectivity index (χ4n) is 2.42. The van der Waals surface area contributed by atoms with Crippen molar-refractivity contribution in [3.8, 4) is 5.75 Å². The van der Waals surface area contributed by atoms with E-state index in [1.54, 1.807) is 0 Å². The molecule has 1 unspecified atom stereocenters. The summed E-state index contributed by atoms with van der Waals surface area (Å²) in [7, 11) is 0. The van der Waals surface area contributed by atoms with E-state index in [9.17, 15) is 4.79 Å².